The Labute approximate surface area is 140 Å². The van der Waals surface area contributed by atoms with Gasteiger partial charge in [0.05, 0.1) is 18.8 Å². The number of hydrogen-bond acceptors (Lipinski definition) is 5. The first-order chi connectivity index (χ1) is 11.6. The lowest BCUT2D eigenvalue weighted by atomic mass is 10.0. The van der Waals surface area contributed by atoms with Crippen LogP contribution >= 0.6 is 0 Å². The molecule has 0 spiro atoms. The molecule has 1 heterocycles. The topological polar surface area (TPSA) is 65.0 Å². The molecule has 0 unspecified atom stereocenters. The van der Waals surface area contributed by atoms with Crippen molar-refractivity contribution < 1.29 is 24.1 Å². The van der Waals surface area contributed by atoms with Crippen LogP contribution in [0.15, 0.2) is 36.4 Å². The monoisotopic (exact) mass is 326 g/mol. The van der Waals surface area contributed by atoms with Gasteiger partial charge in [0.15, 0.2) is 23.0 Å². The molecule has 2 aromatic rings. The van der Waals surface area contributed by atoms with E-state index in [1.165, 1.54) is 6.07 Å². The Kier molecular flexibility index (Phi) is 4.42. The highest BCUT2D eigenvalue weighted by molar-refractivity contribution is 6.26. The third kappa shape index (κ3) is 2.93. The number of phenolic OH excluding ortho intramolecular Hbond substituents is 1. The van der Waals surface area contributed by atoms with Crippen molar-refractivity contribution in [1.82, 2.24) is 0 Å². The van der Waals surface area contributed by atoms with Crippen molar-refractivity contribution in [2.45, 2.75) is 13.8 Å². The lowest BCUT2D eigenvalue weighted by molar-refractivity contribution is -0.127. The SMILES string of the molecule is CCOc1cc(/C=C2\C(=O)Oc3c(OCC)cccc32)ccc1O. The molecule has 5 heteroatoms. The van der Waals surface area contributed by atoms with Gasteiger partial charge in [-0.25, -0.2) is 4.79 Å². The van der Waals surface area contributed by atoms with E-state index in [1.807, 2.05) is 26.0 Å². The highest BCUT2D eigenvalue weighted by atomic mass is 16.6. The van der Waals surface area contributed by atoms with Crippen molar-refractivity contribution in [3.8, 4) is 23.0 Å². The van der Waals surface area contributed by atoms with Crippen LogP contribution in [0.4, 0.5) is 0 Å². The molecule has 5 nitrogen and oxygen atoms in total. The summed E-state index contributed by atoms with van der Waals surface area (Å²) in [5.74, 6) is 1.00. The molecular formula is C19H18O5. The Bertz CT molecular complexity index is 807. The molecule has 0 aliphatic carbocycles. The Morgan fingerprint density at radius 1 is 1.08 bits per heavy atom. The van der Waals surface area contributed by atoms with Gasteiger partial charge in [0.25, 0.3) is 0 Å². The lowest BCUT2D eigenvalue weighted by Gasteiger charge is -2.07. The van der Waals surface area contributed by atoms with Gasteiger partial charge in [0, 0.05) is 5.56 Å². The van der Waals surface area contributed by atoms with Gasteiger partial charge in [-0.3, -0.25) is 0 Å². The Morgan fingerprint density at radius 2 is 1.83 bits per heavy atom. The number of carbonyl (C=O) groups excluding carboxylic acids is 1. The summed E-state index contributed by atoms with van der Waals surface area (Å²) in [6.45, 7) is 4.64. The van der Waals surface area contributed by atoms with E-state index in [0.717, 1.165) is 5.56 Å². The fourth-order valence-electron chi connectivity index (χ4n) is 2.55. The Balaban J connectivity index is 2.02. The zero-order chi connectivity index (χ0) is 17.1. The van der Waals surface area contributed by atoms with E-state index in [-0.39, 0.29) is 5.75 Å². The predicted molar refractivity (Wildman–Crippen MR) is 90.4 cm³/mol. The molecule has 0 bridgehead atoms. The number of rotatable bonds is 5. The van der Waals surface area contributed by atoms with Gasteiger partial charge in [-0.2, -0.15) is 0 Å². The molecule has 1 aliphatic rings. The van der Waals surface area contributed by atoms with Crippen LogP contribution in [0.1, 0.15) is 25.0 Å². The first-order valence-corrected chi connectivity index (χ1v) is 7.80. The van der Waals surface area contributed by atoms with Crippen LogP contribution in [0, 0.1) is 0 Å². The molecule has 1 N–H and O–H groups in total. The summed E-state index contributed by atoms with van der Waals surface area (Å²) in [5, 5.41) is 9.78. The zero-order valence-electron chi connectivity index (χ0n) is 13.5. The second-order valence-corrected chi connectivity index (χ2v) is 5.17. The van der Waals surface area contributed by atoms with Crippen molar-refractivity contribution in [3.63, 3.8) is 0 Å². The van der Waals surface area contributed by atoms with Crippen molar-refractivity contribution in [3.05, 3.63) is 47.5 Å². The minimum atomic E-state index is -0.428. The van der Waals surface area contributed by atoms with Crippen LogP contribution in [0.5, 0.6) is 23.0 Å². The van der Waals surface area contributed by atoms with Crippen LogP contribution in [-0.2, 0) is 4.79 Å². The number of phenols is 1. The molecule has 24 heavy (non-hydrogen) atoms. The van der Waals surface area contributed by atoms with Crippen LogP contribution < -0.4 is 14.2 Å². The Hall–Kier alpha value is -2.95. The molecule has 1 aliphatic heterocycles. The summed E-state index contributed by atoms with van der Waals surface area (Å²) in [4.78, 5) is 12.2. The number of para-hydroxylation sites is 1. The second-order valence-electron chi connectivity index (χ2n) is 5.17. The van der Waals surface area contributed by atoms with Crippen molar-refractivity contribution in [2.75, 3.05) is 13.2 Å². The zero-order valence-corrected chi connectivity index (χ0v) is 13.5. The molecule has 0 radical (unpaired) electrons. The number of fused-ring (bicyclic) bond motifs is 1. The fourth-order valence-corrected chi connectivity index (χ4v) is 2.55. The summed E-state index contributed by atoms with van der Waals surface area (Å²) in [6.07, 6.45) is 1.71. The first kappa shape index (κ1) is 15.9. The van der Waals surface area contributed by atoms with E-state index in [2.05, 4.69) is 0 Å². The minimum Gasteiger partial charge on any atom is -0.504 e. The number of benzene rings is 2. The van der Waals surface area contributed by atoms with Crippen molar-refractivity contribution in [2.24, 2.45) is 0 Å². The lowest BCUT2D eigenvalue weighted by Crippen LogP contribution is -2.01. The van der Waals surface area contributed by atoms with Gasteiger partial charge in [-0.15, -0.1) is 0 Å². The van der Waals surface area contributed by atoms with Gasteiger partial charge < -0.3 is 19.3 Å². The van der Waals surface area contributed by atoms with Crippen molar-refractivity contribution in [1.29, 1.82) is 0 Å². The normalized spacial score (nSPS) is 14.4. The standard InChI is InChI=1S/C19H18O5/c1-3-22-16-7-5-6-13-14(19(21)24-18(13)16)10-12-8-9-15(20)17(11-12)23-4-2/h5-11,20H,3-4H2,1-2H3/b14-10-. The highest BCUT2D eigenvalue weighted by Gasteiger charge is 2.29. The molecule has 0 fully saturated rings. The number of carbonyl (C=O) groups is 1. The average Bonchev–Trinajstić information content (AvgIpc) is 2.88. The molecule has 124 valence electrons. The van der Waals surface area contributed by atoms with Crippen LogP contribution in [0.25, 0.3) is 11.6 Å². The molecule has 0 saturated carbocycles. The molecule has 0 saturated heterocycles. The van der Waals surface area contributed by atoms with E-state index < -0.39 is 5.97 Å². The largest absolute Gasteiger partial charge is 0.504 e. The molecule has 0 amide bonds. The molecule has 3 rings (SSSR count). The van der Waals surface area contributed by atoms with Gasteiger partial charge >= 0.3 is 5.97 Å². The summed E-state index contributed by atoms with van der Waals surface area (Å²) >= 11 is 0. The first-order valence-electron chi connectivity index (χ1n) is 7.80. The van der Waals surface area contributed by atoms with E-state index in [0.29, 0.717) is 41.6 Å². The number of ether oxygens (including phenoxy) is 3. The summed E-state index contributed by atoms with van der Waals surface area (Å²) < 4.78 is 16.2. The van der Waals surface area contributed by atoms with Crippen molar-refractivity contribution >= 4 is 17.6 Å². The quantitative estimate of drug-likeness (QED) is 0.516. The van der Waals surface area contributed by atoms with E-state index in [1.54, 1.807) is 24.3 Å². The number of esters is 1. The van der Waals surface area contributed by atoms with Gasteiger partial charge in [0.1, 0.15) is 0 Å². The fraction of sp³-hybridized carbons (Fsp3) is 0.211. The molecular weight excluding hydrogens is 308 g/mol. The van der Waals surface area contributed by atoms with Gasteiger partial charge in [-0.1, -0.05) is 18.2 Å². The summed E-state index contributed by atoms with van der Waals surface area (Å²) in [6, 6.07) is 10.3. The van der Waals surface area contributed by atoms with Crippen LogP contribution in [0.2, 0.25) is 0 Å². The van der Waals surface area contributed by atoms with E-state index in [4.69, 9.17) is 14.2 Å². The summed E-state index contributed by atoms with van der Waals surface area (Å²) in [5.41, 5.74) is 1.87. The highest BCUT2D eigenvalue weighted by Crippen LogP contribution is 2.42. The van der Waals surface area contributed by atoms with Gasteiger partial charge in [0.2, 0.25) is 0 Å². The average molecular weight is 326 g/mol. The molecule has 0 aromatic heterocycles. The minimum absolute atomic E-state index is 0.0621. The number of hydrogen-bond donors (Lipinski definition) is 1. The second kappa shape index (κ2) is 6.66. The number of aromatic hydroxyl groups is 1. The third-order valence-electron chi connectivity index (χ3n) is 3.58. The summed E-state index contributed by atoms with van der Waals surface area (Å²) in [7, 11) is 0. The molecule has 0 atom stereocenters. The van der Waals surface area contributed by atoms with E-state index >= 15 is 0 Å². The maximum Gasteiger partial charge on any atom is 0.344 e. The maximum absolute atomic E-state index is 12.2. The van der Waals surface area contributed by atoms with Gasteiger partial charge in [-0.05, 0) is 43.7 Å². The third-order valence-corrected chi connectivity index (χ3v) is 3.58. The van der Waals surface area contributed by atoms with Crippen LogP contribution in [-0.4, -0.2) is 24.3 Å². The van der Waals surface area contributed by atoms with E-state index in [9.17, 15) is 9.90 Å². The maximum atomic E-state index is 12.2. The van der Waals surface area contributed by atoms with Crippen LogP contribution in [0.3, 0.4) is 0 Å². The molecule has 2 aromatic carbocycles. The smallest absolute Gasteiger partial charge is 0.344 e. The Morgan fingerprint density at radius 3 is 2.58 bits per heavy atom. The predicted octanol–water partition coefficient (Wildman–Crippen LogP) is 3.65.